The summed E-state index contributed by atoms with van der Waals surface area (Å²) in [5, 5.41) is 20.2. The van der Waals surface area contributed by atoms with Crippen molar-refractivity contribution in [3.8, 4) is 5.75 Å². The summed E-state index contributed by atoms with van der Waals surface area (Å²) in [5.74, 6) is -0.0389. The Morgan fingerprint density at radius 2 is 2.06 bits per heavy atom. The predicted molar refractivity (Wildman–Crippen MR) is 123 cm³/mol. The molecule has 1 fully saturated rings. The summed E-state index contributed by atoms with van der Waals surface area (Å²) in [6.45, 7) is 2.06. The van der Waals surface area contributed by atoms with Crippen molar-refractivity contribution in [2.45, 2.75) is 61.8 Å². The van der Waals surface area contributed by atoms with Gasteiger partial charge in [0.15, 0.2) is 0 Å². The van der Waals surface area contributed by atoms with Crippen LogP contribution in [0, 0.1) is 6.92 Å². The molecule has 4 rings (SSSR count). The number of aromatic nitrogens is 2. The number of carbonyl (C=O) groups is 2. The summed E-state index contributed by atoms with van der Waals surface area (Å²) in [7, 11) is 1.48. The van der Waals surface area contributed by atoms with E-state index in [1.54, 1.807) is 30.0 Å². The second kappa shape index (κ2) is 9.95. The van der Waals surface area contributed by atoms with Crippen LogP contribution in [0.15, 0.2) is 23.2 Å². The molecule has 1 atom stereocenters. The number of nitrogens with one attached hydrogen (secondary N) is 2. The number of aliphatic hydroxyl groups excluding tert-OH is 1. The van der Waals surface area contributed by atoms with E-state index in [4.69, 9.17) is 14.9 Å². The van der Waals surface area contributed by atoms with Crippen molar-refractivity contribution in [3.63, 3.8) is 0 Å². The number of aryl methyl sites for hydroxylation is 1. The van der Waals surface area contributed by atoms with Crippen molar-refractivity contribution in [1.82, 2.24) is 15.1 Å². The minimum Gasteiger partial charge on any atom is -0.496 e. The summed E-state index contributed by atoms with van der Waals surface area (Å²) in [6.07, 6.45) is 6.75. The van der Waals surface area contributed by atoms with E-state index < -0.39 is 0 Å². The van der Waals surface area contributed by atoms with Gasteiger partial charge in [-0.3, -0.25) is 14.3 Å². The van der Waals surface area contributed by atoms with E-state index in [-0.39, 0.29) is 30.2 Å². The second-order valence-corrected chi connectivity index (χ2v) is 9.49. The Morgan fingerprint density at radius 3 is 2.78 bits per heavy atom. The zero-order valence-electron chi connectivity index (χ0n) is 18.5. The third-order valence-electron chi connectivity index (χ3n) is 6.13. The number of rotatable bonds is 7. The number of amides is 2. The molecule has 1 aliphatic heterocycles. The standard InChI is InChI=1S/C23H30N4O4S/c1-14-18-13-20(32-23(18)27(26-14)16-6-4-3-5-7-16)22(30)25-15-8-9-17(19(12-15)31-2)21(29)24-10-11-28/h8-9,12,16,20,28H,3-7,10-11,13H2,1-2H3,(H,24,29)(H,25,30). The molecule has 0 spiro atoms. The van der Waals surface area contributed by atoms with Gasteiger partial charge in [-0.2, -0.15) is 5.10 Å². The molecule has 1 aromatic heterocycles. The summed E-state index contributed by atoms with van der Waals surface area (Å²) in [6, 6.07) is 5.39. The van der Waals surface area contributed by atoms with Crippen LogP contribution in [-0.2, 0) is 11.2 Å². The van der Waals surface area contributed by atoms with Crippen LogP contribution in [0.1, 0.15) is 59.8 Å². The lowest BCUT2D eigenvalue weighted by Crippen LogP contribution is -2.27. The van der Waals surface area contributed by atoms with Crippen LogP contribution < -0.4 is 15.4 Å². The van der Waals surface area contributed by atoms with Gasteiger partial charge in [0.25, 0.3) is 5.91 Å². The van der Waals surface area contributed by atoms with Crippen LogP contribution in [0.3, 0.4) is 0 Å². The zero-order chi connectivity index (χ0) is 22.7. The molecule has 2 aromatic rings. The third kappa shape index (κ3) is 4.63. The summed E-state index contributed by atoms with van der Waals surface area (Å²) >= 11 is 1.60. The van der Waals surface area contributed by atoms with Gasteiger partial charge in [-0.05, 0) is 38.3 Å². The van der Waals surface area contributed by atoms with Crippen molar-refractivity contribution < 1.29 is 19.4 Å². The van der Waals surface area contributed by atoms with E-state index >= 15 is 0 Å². The highest BCUT2D eigenvalue weighted by Gasteiger charge is 2.35. The number of ether oxygens (including phenoxy) is 1. The van der Waals surface area contributed by atoms with Crippen LogP contribution >= 0.6 is 11.8 Å². The van der Waals surface area contributed by atoms with Crippen LogP contribution in [0.25, 0.3) is 0 Å². The Labute approximate surface area is 192 Å². The Kier molecular flexibility index (Phi) is 7.05. The first kappa shape index (κ1) is 22.7. The van der Waals surface area contributed by atoms with Gasteiger partial charge in [-0.15, -0.1) is 0 Å². The Balaban J connectivity index is 1.44. The number of carbonyl (C=O) groups excluding carboxylic acids is 2. The lowest BCUT2D eigenvalue weighted by atomic mass is 9.96. The van der Waals surface area contributed by atoms with Crippen molar-refractivity contribution in [1.29, 1.82) is 0 Å². The lowest BCUT2D eigenvalue weighted by Gasteiger charge is -2.23. The van der Waals surface area contributed by atoms with Crippen LogP contribution in [0.5, 0.6) is 5.75 Å². The fourth-order valence-corrected chi connectivity index (χ4v) is 5.80. The topological polar surface area (TPSA) is 105 Å². The number of nitrogens with zero attached hydrogens (tertiary/aromatic N) is 2. The molecule has 1 aromatic carbocycles. The maximum atomic E-state index is 13.0. The largest absolute Gasteiger partial charge is 0.496 e. The number of thioether (sulfide) groups is 1. The number of methoxy groups -OCH3 is 1. The quantitative estimate of drug-likeness (QED) is 0.589. The normalized spacial score (nSPS) is 18.3. The van der Waals surface area contributed by atoms with E-state index in [0.29, 0.717) is 29.5 Å². The minimum absolute atomic E-state index is 0.0691. The van der Waals surface area contributed by atoms with Crippen molar-refractivity contribution >= 4 is 29.3 Å². The van der Waals surface area contributed by atoms with Gasteiger partial charge in [0, 0.05) is 23.9 Å². The third-order valence-corrected chi connectivity index (χ3v) is 7.45. The molecule has 8 nitrogen and oxygen atoms in total. The van der Waals surface area contributed by atoms with Gasteiger partial charge in [0.1, 0.15) is 5.75 Å². The highest BCUT2D eigenvalue weighted by atomic mass is 32.2. The molecule has 0 bridgehead atoms. The number of fused-ring (bicyclic) bond motifs is 1. The molecule has 2 aliphatic rings. The maximum Gasteiger partial charge on any atom is 0.255 e. The number of hydrogen-bond donors (Lipinski definition) is 3. The Morgan fingerprint density at radius 1 is 1.28 bits per heavy atom. The van der Waals surface area contributed by atoms with Gasteiger partial charge >= 0.3 is 0 Å². The molecule has 32 heavy (non-hydrogen) atoms. The smallest absolute Gasteiger partial charge is 0.255 e. The first-order valence-electron chi connectivity index (χ1n) is 11.1. The van der Waals surface area contributed by atoms with E-state index in [0.717, 1.165) is 23.6 Å². The molecule has 2 heterocycles. The average molecular weight is 459 g/mol. The van der Waals surface area contributed by atoms with Gasteiger partial charge in [-0.25, -0.2) is 0 Å². The van der Waals surface area contributed by atoms with Crippen LogP contribution in [0.4, 0.5) is 5.69 Å². The zero-order valence-corrected chi connectivity index (χ0v) is 19.3. The molecule has 1 unspecified atom stereocenters. The number of hydrogen-bond acceptors (Lipinski definition) is 6. The lowest BCUT2D eigenvalue weighted by molar-refractivity contribution is -0.115. The second-order valence-electron chi connectivity index (χ2n) is 8.30. The molecular formula is C23H30N4O4S. The van der Waals surface area contributed by atoms with Crippen LogP contribution in [0.2, 0.25) is 0 Å². The molecule has 1 saturated carbocycles. The number of anilines is 1. The molecule has 1 aliphatic carbocycles. The van der Waals surface area contributed by atoms with Gasteiger partial charge in [0.05, 0.1) is 41.3 Å². The molecule has 3 N–H and O–H groups in total. The molecule has 9 heteroatoms. The first-order valence-corrected chi connectivity index (χ1v) is 12.0. The molecule has 0 radical (unpaired) electrons. The highest BCUT2D eigenvalue weighted by molar-refractivity contribution is 8.00. The maximum absolute atomic E-state index is 13.0. The summed E-state index contributed by atoms with van der Waals surface area (Å²) < 4.78 is 7.51. The average Bonchev–Trinajstić information content (AvgIpc) is 3.38. The minimum atomic E-state index is -0.335. The van der Waals surface area contributed by atoms with Crippen LogP contribution in [-0.4, -0.2) is 52.2 Å². The Bertz CT molecular complexity index is 1000. The van der Waals surface area contributed by atoms with E-state index in [1.165, 1.54) is 31.9 Å². The van der Waals surface area contributed by atoms with Crippen molar-refractivity contribution in [2.75, 3.05) is 25.6 Å². The van der Waals surface area contributed by atoms with Crippen molar-refractivity contribution in [2.24, 2.45) is 0 Å². The molecule has 0 saturated heterocycles. The van der Waals surface area contributed by atoms with E-state index in [1.807, 2.05) is 6.92 Å². The fraction of sp³-hybridized carbons (Fsp3) is 0.522. The predicted octanol–water partition coefficient (Wildman–Crippen LogP) is 3.08. The van der Waals surface area contributed by atoms with Gasteiger partial charge < -0.3 is 20.5 Å². The first-order chi connectivity index (χ1) is 15.5. The molecule has 2 amide bonds. The Hall–Kier alpha value is -2.52. The van der Waals surface area contributed by atoms with Gasteiger partial charge in [-0.1, -0.05) is 31.0 Å². The van der Waals surface area contributed by atoms with Crippen molar-refractivity contribution in [3.05, 3.63) is 35.0 Å². The summed E-state index contributed by atoms with van der Waals surface area (Å²) in [5.41, 5.74) is 3.14. The SMILES string of the molecule is COc1cc(NC(=O)C2Cc3c(C)nn(C4CCCCC4)c3S2)ccc1C(=O)NCCO. The summed E-state index contributed by atoms with van der Waals surface area (Å²) in [4.78, 5) is 25.2. The molecular weight excluding hydrogens is 428 g/mol. The number of aliphatic hydroxyl groups is 1. The van der Waals surface area contributed by atoms with E-state index in [9.17, 15) is 9.59 Å². The molecule has 172 valence electrons. The fourth-order valence-electron chi connectivity index (χ4n) is 4.45. The van der Waals surface area contributed by atoms with Gasteiger partial charge in [0.2, 0.25) is 5.91 Å². The number of benzene rings is 1. The van der Waals surface area contributed by atoms with E-state index in [2.05, 4.69) is 15.3 Å². The highest BCUT2D eigenvalue weighted by Crippen LogP contribution is 2.42. The monoisotopic (exact) mass is 458 g/mol.